The van der Waals surface area contributed by atoms with E-state index < -0.39 is 11.7 Å². The third kappa shape index (κ3) is 4.05. The molecule has 3 rings (SSSR count). The van der Waals surface area contributed by atoms with Gasteiger partial charge in [-0.3, -0.25) is 4.79 Å². The topological polar surface area (TPSA) is 72.7 Å². The lowest BCUT2D eigenvalue weighted by Crippen LogP contribution is -2.20. The van der Waals surface area contributed by atoms with Gasteiger partial charge in [-0.05, 0) is 35.9 Å². The Kier molecular flexibility index (Phi) is 4.70. The molecule has 1 heterocycles. The first-order valence-electron chi connectivity index (χ1n) is 7.64. The van der Waals surface area contributed by atoms with Crippen LogP contribution in [0.2, 0.25) is 0 Å². The molecule has 26 heavy (non-hydrogen) atoms. The van der Waals surface area contributed by atoms with E-state index in [1.165, 1.54) is 12.1 Å². The number of aromatic nitrogens is 4. The van der Waals surface area contributed by atoms with Crippen LogP contribution >= 0.6 is 0 Å². The van der Waals surface area contributed by atoms with Crippen molar-refractivity contribution in [1.29, 1.82) is 0 Å². The summed E-state index contributed by atoms with van der Waals surface area (Å²) >= 11 is 0. The van der Waals surface area contributed by atoms with E-state index in [2.05, 4.69) is 20.7 Å². The summed E-state index contributed by atoms with van der Waals surface area (Å²) in [6.07, 6.45) is -4.46. The Bertz CT molecular complexity index is 936. The zero-order valence-corrected chi connectivity index (χ0v) is 13.7. The van der Waals surface area contributed by atoms with Gasteiger partial charge in [0.25, 0.3) is 0 Å². The molecule has 3 aromatic rings. The Balaban J connectivity index is 1.72. The summed E-state index contributed by atoms with van der Waals surface area (Å²) < 4.78 is 38.4. The van der Waals surface area contributed by atoms with Gasteiger partial charge in [0.2, 0.25) is 11.7 Å². The largest absolute Gasteiger partial charge is 0.416 e. The van der Waals surface area contributed by atoms with Crippen LogP contribution in [0, 0.1) is 6.92 Å². The van der Waals surface area contributed by atoms with Crippen LogP contribution in [0.25, 0.3) is 11.4 Å². The molecule has 0 unspecified atom stereocenters. The van der Waals surface area contributed by atoms with E-state index in [0.29, 0.717) is 5.69 Å². The molecule has 0 atom stereocenters. The summed E-state index contributed by atoms with van der Waals surface area (Å²) in [5.74, 6) is -0.355. The molecule has 134 valence electrons. The number of aryl methyl sites for hydroxylation is 1. The highest BCUT2D eigenvalue weighted by Gasteiger charge is 2.30. The van der Waals surface area contributed by atoms with Crippen molar-refractivity contribution in [3.63, 3.8) is 0 Å². The number of halogens is 3. The highest BCUT2D eigenvalue weighted by Crippen LogP contribution is 2.31. The van der Waals surface area contributed by atoms with Crippen molar-refractivity contribution in [3.8, 4) is 11.4 Å². The first-order chi connectivity index (χ1) is 12.3. The van der Waals surface area contributed by atoms with E-state index in [9.17, 15) is 18.0 Å². The number of tetrazole rings is 1. The molecule has 1 aromatic heterocycles. The van der Waals surface area contributed by atoms with Gasteiger partial charge in [-0.25, -0.2) is 0 Å². The van der Waals surface area contributed by atoms with Crippen LogP contribution < -0.4 is 5.32 Å². The van der Waals surface area contributed by atoms with Crippen molar-refractivity contribution < 1.29 is 18.0 Å². The van der Waals surface area contributed by atoms with Crippen LogP contribution in [0.5, 0.6) is 0 Å². The minimum absolute atomic E-state index is 0.0137. The first-order valence-corrected chi connectivity index (χ1v) is 7.64. The van der Waals surface area contributed by atoms with Crippen LogP contribution in [0.4, 0.5) is 18.9 Å². The number of hydrogen-bond donors (Lipinski definition) is 1. The van der Waals surface area contributed by atoms with Crippen molar-refractivity contribution in [1.82, 2.24) is 20.2 Å². The van der Waals surface area contributed by atoms with Crippen LogP contribution in [0.15, 0.2) is 48.5 Å². The second-order valence-corrected chi connectivity index (χ2v) is 5.59. The van der Waals surface area contributed by atoms with E-state index in [4.69, 9.17) is 0 Å². The molecule has 0 fully saturated rings. The van der Waals surface area contributed by atoms with Gasteiger partial charge < -0.3 is 5.32 Å². The maximum absolute atomic E-state index is 12.8. The molecule has 0 bridgehead atoms. The van der Waals surface area contributed by atoms with Crippen molar-refractivity contribution in [2.24, 2.45) is 0 Å². The molecule has 1 N–H and O–H groups in total. The number of nitrogens with zero attached hydrogens (tertiary/aromatic N) is 4. The van der Waals surface area contributed by atoms with Crippen molar-refractivity contribution in [3.05, 3.63) is 59.7 Å². The number of carbonyl (C=O) groups is 1. The molecule has 6 nitrogen and oxygen atoms in total. The average Bonchev–Trinajstić information content (AvgIpc) is 3.05. The third-order valence-corrected chi connectivity index (χ3v) is 3.61. The van der Waals surface area contributed by atoms with Crippen LogP contribution in [0.1, 0.15) is 11.1 Å². The van der Waals surface area contributed by atoms with E-state index in [1.54, 1.807) is 12.1 Å². The van der Waals surface area contributed by atoms with E-state index >= 15 is 0 Å². The fourth-order valence-electron chi connectivity index (χ4n) is 2.29. The molecule has 0 aliphatic rings. The van der Waals surface area contributed by atoms with Gasteiger partial charge in [0.05, 0.1) is 5.56 Å². The maximum atomic E-state index is 12.8. The highest BCUT2D eigenvalue weighted by molar-refractivity contribution is 5.91. The molecule has 1 amide bonds. The summed E-state index contributed by atoms with van der Waals surface area (Å²) in [6, 6.07) is 11.9. The molecule has 0 aliphatic heterocycles. The average molecular weight is 361 g/mol. The lowest BCUT2D eigenvalue weighted by molar-refractivity contribution is -0.137. The maximum Gasteiger partial charge on any atom is 0.416 e. The monoisotopic (exact) mass is 361 g/mol. The number of alkyl halides is 3. The standard InChI is InChI=1S/C17H14F3N5O/c1-11-5-2-3-8-14(11)21-15(26)10-25-23-16(22-24-25)12-6-4-7-13(9-12)17(18,19)20/h2-9H,10H2,1H3,(H,21,26). The molecule has 0 saturated heterocycles. The molecule has 0 saturated carbocycles. The number of para-hydroxylation sites is 1. The van der Waals surface area contributed by atoms with Crippen molar-refractivity contribution >= 4 is 11.6 Å². The van der Waals surface area contributed by atoms with Gasteiger partial charge >= 0.3 is 6.18 Å². The number of nitrogens with one attached hydrogen (secondary N) is 1. The second kappa shape index (κ2) is 6.95. The lowest BCUT2D eigenvalue weighted by atomic mass is 10.1. The smallest absolute Gasteiger partial charge is 0.324 e. The minimum atomic E-state index is -4.46. The van der Waals surface area contributed by atoms with Gasteiger partial charge in [0.15, 0.2) is 0 Å². The van der Waals surface area contributed by atoms with E-state index in [-0.39, 0.29) is 23.8 Å². The summed E-state index contributed by atoms with van der Waals surface area (Å²) in [5.41, 5.74) is 0.932. The zero-order valence-electron chi connectivity index (χ0n) is 13.7. The number of benzene rings is 2. The van der Waals surface area contributed by atoms with E-state index in [0.717, 1.165) is 22.5 Å². The first kappa shape index (κ1) is 17.6. The molecular formula is C17H14F3N5O. The van der Waals surface area contributed by atoms with Gasteiger partial charge in [-0.1, -0.05) is 30.3 Å². The molecule has 0 spiro atoms. The summed E-state index contributed by atoms with van der Waals surface area (Å²) in [7, 11) is 0. The summed E-state index contributed by atoms with van der Waals surface area (Å²) in [6.45, 7) is 1.65. The Morgan fingerprint density at radius 1 is 1.15 bits per heavy atom. The fraction of sp³-hybridized carbons (Fsp3) is 0.176. The Labute approximate surface area is 146 Å². The normalized spacial score (nSPS) is 11.4. The Hall–Kier alpha value is -3.23. The van der Waals surface area contributed by atoms with Gasteiger partial charge in [-0.2, -0.15) is 18.0 Å². The number of hydrogen-bond acceptors (Lipinski definition) is 4. The number of carbonyl (C=O) groups excluding carboxylic acids is 1. The SMILES string of the molecule is Cc1ccccc1NC(=O)Cn1nnc(-c2cccc(C(F)(F)F)c2)n1. The second-order valence-electron chi connectivity index (χ2n) is 5.59. The number of anilines is 1. The summed E-state index contributed by atoms with van der Waals surface area (Å²) in [5, 5.41) is 14.1. The molecular weight excluding hydrogens is 347 g/mol. The predicted octanol–water partition coefficient (Wildman–Crippen LogP) is 3.31. The number of rotatable bonds is 4. The quantitative estimate of drug-likeness (QED) is 0.774. The molecule has 2 aromatic carbocycles. The fourth-order valence-corrected chi connectivity index (χ4v) is 2.29. The van der Waals surface area contributed by atoms with Gasteiger partial charge in [-0.15, -0.1) is 10.2 Å². The Morgan fingerprint density at radius 3 is 2.65 bits per heavy atom. The zero-order chi connectivity index (χ0) is 18.7. The van der Waals surface area contributed by atoms with E-state index in [1.807, 2.05) is 19.1 Å². The Morgan fingerprint density at radius 2 is 1.92 bits per heavy atom. The van der Waals surface area contributed by atoms with Crippen LogP contribution in [-0.4, -0.2) is 26.1 Å². The number of amides is 1. The third-order valence-electron chi connectivity index (χ3n) is 3.61. The van der Waals surface area contributed by atoms with Crippen molar-refractivity contribution in [2.75, 3.05) is 5.32 Å². The van der Waals surface area contributed by atoms with Crippen molar-refractivity contribution in [2.45, 2.75) is 19.6 Å². The van der Waals surface area contributed by atoms with Crippen LogP contribution in [-0.2, 0) is 17.5 Å². The summed E-state index contributed by atoms with van der Waals surface area (Å²) in [4.78, 5) is 13.1. The highest BCUT2D eigenvalue weighted by atomic mass is 19.4. The van der Waals surface area contributed by atoms with Gasteiger partial charge in [0, 0.05) is 11.3 Å². The van der Waals surface area contributed by atoms with Crippen LogP contribution in [0.3, 0.4) is 0 Å². The molecule has 9 heteroatoms. The molecule has 0 radical (unpaired) electrons. The van der Waals surface area contributed by atoms with Gasteiger partial charge in [0.1, 0.15) is 6.54 Å². The molecule has 0 aliphatic carbocycles. The predicted molar refractivity (Wildman–Crippen MR) is 88.1 cm³/mol. The lowest BCUT2D eigenvalue weighted by Gasteiger charge is -2.07. The minimum Gasteiger partial charge on any atom is -0.324 e.